The Morgan fingerprint density at radius 1 is 1.04 bits per heavy atom. The van der Waals surface area contributed by atoms with Crippen molar-refractivity contribution >= 4 is 5.91 Å². The van der Waals surface area contributed by atoms with Crippen molar-refractivity contribution in [1.29, 1.82) is 0 Å². The first-order valence-electron chi connectivity index (χ1n) is 8.67. The number of ether oxygens (including phenoxy) is 1. The number of carbonyl (C=O) groups is 1. The number of benzene rings is 2. The molecule has 0 aliphatic heterocycles. The molecule has 0 radical (unpaired) electrons. The first-order valence-corrected chi connectivity index (χ1v) is 8.67. The van der Waals surface area contributed by atoms with E-state index in [9.17, 15) is 4.79 Å². The summed E-state index contributed by atoms with van der Waals surface area (Å²) in [7, 11) is 4.04. The molecule has 0 fully saturated rings. The Morgan fingerprint density at radius 3 is 2.24 bits per heavy atom. The molecular formula is C21H28N2O2. The summed E-state index contributed by atoms with van der Waals surface area (Å²) in [5.41, 5.74) is 2.92. The lowest BCUT2D eigenvalue weighted by atomic mass is 10.1. The summed E-state index contributed by atoms with van der Waals surface area (Å²) in [4.78, 5) is 14.5. The summed E-state index contributed by atoms with van der Waals surface area (Å²) in [6.45, 7) is 5.15. The zero-order valence-corrected chi connectivity index (χ0v) is 15.5. The number of nitrogens with zero attached hydrogens (tertiary/aromatic N) is 1. The fraction of sp³-hybridized carbons (Fsp3) is 0.381. The van der Waals surface area contributed by atoms with Gasteiger partial charge < -0.3 is 15.0 Å². The average molecular weight is 340 g/mol. The number of nitrogens with one attached hydrogen (secondary N) is 1. The number of hydrogen-bond acceptors (Lipinski definition) is 3. The van der Waals surface area contributed by atoms with E-state index in [1.165, 1.54) is 5.56 Å². The maximum atomic E-state index is 12.4. The molecule has 1 N–H and O–H groups in total. The van der Waals surface area contributed by atoms with Gasteiger partial charge in [-0.05, 0) is 51.2 Å². The molecule has 4 nitrogen and oxygen atoms in total. The molecule has 25 heavy (non-hydrogen) atoms. The van der Waals surface area contributed by atoms with Crippen LogP contribution in [0, 0.1) is 0 Å². The molecule has 0 saturated carbocycles. The van der Waals surface area contributed by atoms with Crippen LogP contribution in [-0.2, 0) is 11.3 Å². The summed E-state index contributed by atoms with van der Waals surface area (Å²) < 4.78 is 5.58. The van der Waals surface area contributed by atoms with Gasteiger partial charge in [0.15, 0.2) is 0 Å². The van der Waals surface area contributed by atoms with E-state index in [0.29, 0.717) is 18.7 Å². The second-order valence-electron chi connectivity index (χ2n) is 6.66. The summed E-state index contributed by atoms with van der Waals surface area (Å²) in [5.74, 6) is -0.0564. The molecule has 0 bridgehead atoms. The van der Waals surface area contributed by atoms with Crippen LogP contribution < -0.4 is 5.32 Å². The van der Waals surface area contributed by atoms with Crippen molar-refractivity contribution in [2.24, 2.45) is 0 Å². The van der Waals surface area contributed by atoms with E-state index in [-0.39, 0.29) is 18.1 Å². The van der Waals surface area contributed by atoms with Gasteiger partial charge in [-0.2, -0.15) is 0 Å². The summed E-state index contributed by atoms with van der Waals surface area (Å²) in [5, 5.41) is 3.04. The quantitative estimate of drug-likeness (QED) is 0.798. The van der Waals surface area contributed by atoms with Crippen molar-refractivity contribution in [1.82, 2.24) is 10.2 Å². The standard InChI is InChI=1S/C21H28N2O2/c1-16(2)25-15-17-10-12-19(13-11-17)21(24)22-14-20(23(3)4)18-8-6-5-7-9-18/h5-13,16,20H,14-15H2,1-4H3,(H,22,24)/t20-/m1/s1. The van der Waals surface area contributed by atoms with E-state index in [2.05, 4.69) is 22.3 Å². The third-order valence-corrected chi connectivity index (χ3v) is 4.06. The number of amides is 1. The van der Waals surface area contributed by atoms with Crippen molar-refractivity contribution in [2.75, 3.05) is 20.6 Å². The summed E-state index contributed by atoms with van der Waals surface area (Å²) >= 11 is 0. The number of rotatable bonds is 8. The van der Waals surface area contributed by atoms with Crippen LogP contribution >= 0.6 is 0 Å². The van der Waals surface area contributed by atoms with Crippen LogP contribution in [0.15, 0.2) is 54.6 Å². The highest BCUT2D eigenvalue weighted by Crippen LogP contribution is 2.17. The number of likely N-dealkylation sites (N-methyl/N-ethyl adjacent to an activating group) is 1. The average Bonchev–Trinajstić information content (AvgIpc) is 2.61. The molecule has 4 heteroatoms. The minimum Gasteiger partial charge on any atom is -0.374 e. The zero-order valence-electron chi connectivity index (χ0n) is 15.5. The van der Waals surface area contributed by atoms with Crippen LogP contribution in [0.5, 0.6) is 0 Å². The summed E-state index contributed by atoms with van der Waals surface area (Å²) in [6, 6.07) is 17.9. The van der Waals surface area contributed by atoms with Gasteiger partial charge in [-0.15, -0.1) is 0 Å². The molecular weight excluding hydrogens is 312 g/mol. The highest BCUT2D eigenvalue weighted by atomic mass is 16.5. The highest BCUT2D eigenvalue weighted by Gasteiger charge is 2.15. The molecule has 1 atom stereocenters. The molecule has 0 saturated heterocycles. The molecule has 0 aliphatic rings. The van der Waals surface area contributed by atoms with Crippen molar-refractivity contribution in [3.8, 4) is 0 Å². The first-order chi connectivity index (χ1) is 12.0. The molecule has 0 aromatic heterocycles. The van der Waals surface area contributed by atoms with Crippen LogP contribution in [0.3, 0.4) is 0 Å². The van der Waals surface area contributed by atoms with Gasteiger partial charge in [0, 0.05) is 12.1 Å². The maximum Gasteiger partial charge on any atom is 0.251 e. The predicted molar refractivity (Wildman–Crippen MR) is 102 cm³/mol. The van der Waals surface area contributed by atoms with E-state index in [1.54, 1.807) is 0 Å². The SMILES string of the molecule is CC(C)OCc1ccc(C(=O)NC[C@H](c2ccccc2)N(C)C)cc1. The fourth-order valence-corrected chi connectivity index (χ4v) is 2.58. The van der Waals surface area contributed by atoms with Gasteiger partial charge in [0.1, 0.15) is 0 Å². The Kier molecular flexibility index (Phi) is 7.16. The molecule has 1 amide bonds. The largest absolute Gasteiger partial charge is 0.374 e. The van der Waals surface area contributed by atoms with Gasteiger partial charge in [-0.25, -0.2) is 0 Å². The summed E-state index contributed by atoms with van der Waals surface area (Å²) in [6.07, 6.45) is 0.198. The van der Waals surface area contributed by atoms with Crippen molar-refractivity contribution in [2.45, 2.75) is 32.6 Å². The monoisotopic (exact) mass is 340 g/mol. The topological polar surface area (TPSA) is 41.6 Å². The van der Waals surface area contributed by atoms with E-state index in [4.69, 9.17) is 4.74 Å². The maximum absolute atomic E-state index is 12.4. The molecule has 2 aromatic rings. The smallest absolute Gasteiger partial charge is 0.251 e. The van der Waals surface area contributed by atoms with E-state index < -0.39 is 0 Å². The second kappa shape index (κ2) is 9.35. The third-order valence-electron chi connectivity index (χ3n) is 4.06. The van der Waals surface area contributed by atoms with Crippen LogP contribution in [0.25, 0.3) is 0 Å². The zero-order chi connectivity index (χ0) is 18.2. The Labute approximate surface area is 150 Å². The van der Waals surface area contributed by atoms with Crippen molar-refractivity contribution in [3.05, 3.63) is 71.3 Å². The third kappa shape index (κ3) is 6.00. The van der Waals surface area contributed by atoms with E-state index >= 15 is 0 Å². The lowest BCUT2D eigenvalue weighted by Crippen LogP contribution is -2.34. The highest BCUT2D eigenvalue weighted by molar-refractivity contribution is 5.94. The fourth-order valence-electron chi connectivity index (χ4n) is 2.58. The normalized spacial score (nSPS) is 12.4. The molecule has 2 aromatic carbocycles. The number of carbonyl (C=O) groups excluding carboxylic acids is 1. The van der Waals surface area contributed by atoms with Crippen LogP contribution in [0.2, 0.25) is 0 Å². The minimum atomic E-state index is -0.0564. The van der Waals surface area contributed by atoms with Gasteiger partial charge in [0.05, 0.1) is 18.8 Å². The van der Waals surface area contributed by atoms with Crippen molar-refractivity contribution < 1.29 is 9.53 Å². The molecule has 2 rings (SSSR count). The molecule has 0 heterocycles. The van der Waals surface area contributed by atoms with Gasteiger partial charge in [-0.1, -0.05) is 42.5 Å². The van der Waals surface area contributed by atoms with E-state index in [1.807, 2.05) is 70.4 Å². The Hall–Kier alpha value is -2.17. The van der Waals surface area contributed by atoms with E-state index in [0.717, 1.165) is 5.56 Å². The molecule has 0 spiro atoms. The van der Waals surface area contributed by atoms with Crippen molar-refractivity contribution in [3.63, 3.8) is 0 Å². The lowest BCUT2D eigenvalue weighted by Gasteiger charge is -2.25. The molecule has 134 valence electrons. The minimum absolute atomic E-state index is 0.0564. The van der Waals surface area contributed by atoms with Crippen LogP contribution in [-0.4, -0.2) is 37.6 Å². The Morgan fingerprint density at radius 2 is 1.68 bits per heavy atom. The van der Waals surface area contributed by atoms with Gasteiger partial charge in [0.25, 0.3) is 5.91 Å². The van der Waals surface area contributed by atoms with Crippen LogP contribution in [0.1, 0.15) is 41.4 Å². The molecule has 0 unspecified atom stereocenters. The predicted octanol–water partition coefficient (Wildman–Crippen LogP) is 3.64. The lowest BCUT2D eigenvalue weighted by molar-refractivity contribution is 0.0656. The number of hydrogen-bond donors (Lipinski definition) is 1. The molecule has 0 aliphatic carbocycles. The first kappa shape index (κ1) is 19.2. The Bertz CT molecular complexity index is 651. The van der Waals surface area contributed by atoms with Gasteiger partial charge >= 0.3 is 0 Å². The van der Waals surface area contributed by atoms with Gasteiger partial charge in [-0.3, -0.25) is 4.79 Å². The Balaban J connectivity index is 1.94. The second-order valence-corrected chi connectivity index (χ2v) is 6.66. The van der Waals surface area contributed by atoms with Gasteiger partial charge in [0.2, 0.25) is 0 Å². The van der Waals surface area contributed by atoms with Crippen LogP contribution in [0.4, 0.5) is 0 Å².